The lowest BCUT2D eigenvalue weighted by Gasteiger charge is -2.49. The Morgan fingerprint density at radius 1 is 1.29 bits per heavy atom. The number of aryl methyl sites for hydroxylation is 1. The number of alkyl halides is 2. The summed E-state index contributed by atoms with van der Waals surface area (Å²) in [4.78, 5) is 7.93. The normalized spacial score (nSPS) is 17.5. The summed E-state index contributed by atoms with van der Waals surface area (Å²) in [5.41, 5.74) is 2.82. The minimum Gasteiger partial charge on any atom is -0.369 e. The molecule has 8 heteroatoms. The number of nitrogens with zero attached hydrogens (tertiary/aromatic N) is 3. The number of rotatable bonds is 5. The highest BCUT2D eigenvalue weighted by Crippen LogP contribution is 2.56. The second-order valence-electron chi connectivity index (χ2n) is 7.42. The van der Waals surface area contributed by atoms with E-state index in [0.717, 1.165) is 44.7 Å². The van der Waals surface area contributed by atoms with Crippen LogP contribution in [0.1, 0.15) is 63.7 Å². The summed E-state index contributed by atoms with van der Waals surface area (Å²) in [6.45, 7) is 7.19. The van der Waals surface area contributed by atoms with Crippen molar-refractivity contribution in [3.63, 3.8) is 0 Å². The van der Waals surface area contributed by atoms with Gasteiger partial charge in [-0.15, -0.1) is 0 Å². The average molecular weight is 394 g/mol. The first-order chi connectivity index (χ1) is 13.3. The Hall–Kier alpha value is -2.38. The van der Waals surface area contributed by atoms with Gasteiger partial charge in [0.1, 0.15) is 11.6 Å². The number of aromatic nitrogens is 3. The van der Waals surface area contributed by atoms with E-state index in [1.165, 1.54) is 11.8 Å². The highest BCUT2D eigenvalue weighted by Gasteiger charge is 2.46. The molecule has 5 nitrogen and oxygen atoms in total. The Morgan fingerprint density at radius 3 is 2.54 bits per heavy atom. The molecule has 0 spiro atoms. The van der Waals surface area contributed by atoms with Gasteiger partial charge in [-0.1, -0.05) is 24.6 Å². The maximum absolute atomic E-state index is 13.3. The fraction of sp³-hybridized carbons (Fsp3) is 0.550. The number of anilines is 1. The molecule has 2 bridgehead atoms. The quantitative estimate of drug-likeness (QED) is 0.726. The fourth-order valence-corrected chi connectivity index (χ4v) is 3.73. The lowest BCUT2D eigenvalue weighted by molar-refractivity contribution is -0.0158. The number of nitrogens with one attached hydrogen (secondary N) is 1. The molecule has 0 radical (unpaired) electrons. The maximum Gasteiger partial charge on any atom is 0.322 e. The van der Waals surface area contributed by atoms with E-state index in [1.807, 2.05) is 13.8 Å². The van der Waals surface area contributed by atoms with E-state index in [2.05, 4.69) is 20.4 Å². The van der Waals surface area contributed by atoms with Crippen molar-refractivity contribution in [1.29, 1.82) is 0 Å². The van der Waals surface area contributed by atoms with Gasteiger partial charge in [0.25, 0.3) is 5.89 Å². The van der Waals surface area contributed by atoms with Crippen molar-refractivity contribution in [3.8, 4) is 0 Å². The summed E-state index contributed by atoms with van der Waals surface area (Å²) in [5.74, 6) is -3.14. The van der Waals surface area contributed by atoms with E-state index in [1.54, 1.807) is 13.0 Å². The van der Waals surface area contributed by atoms with Crippen LogP contribution in [0.3, 0.4) is 0 Å². The molecule has 0 atom stereocenters. The molecule has 2 aromatic rings. The first kappa shape index (κ1) is 20.4. The topological polar surface area (TPSA) is 63.8 Å². The lowest BCUT2D eigenvalue weighted by Crippen LogP contribution is -2.41. The second kappa shape index (κ2) is 7.56. The minimum atomic E-state index is -3.13. The zero-order valence-corrected chi connectivity index (χ0v) is 16.6. The van der Waals surface area contributed by atoms with Crippen LogP contribution in [0, 0.1) is 18.2 Å². The summed E-state index contributed by atoms with van der Waals surface area (Å²) >= 11 is 0. The van der Waals surface area contributed by atoms with Crippen LogP contribution in [0.2, 0.25) is 0 Å². The molecule has 2 heterocycles. The molecule has 0 unspecified atom stereocenters. The van der Waals surface area contributed by atoms with Gasteiger partial charge in [-0.05, 0) is 55.2 Å². The standard InChI is InChI=1S/C18H19F3N4O.C2H6/c1-10-5-14(22-8-13(10)19)23-9-18-4-3-12(11(6-18)7-18)15-24-16(26-25-15)17(2,20)21;1-2/h5,8H,3-4,6-7,9H2,1-2H3,(H,22,23);1-2H3. The molecular formula is C20H25F3N4O. The molecular weight excluding hydrogens is 369 g/mol. The fourth-order valence-electron chi connectivity index (χ4n) is 3.73. The van der Waals surface area contributed by atoms with Crippen molar-refractivity contribution in [2.75, 3.05) is 11.9 Å². The number of fused-ring (bicyclic) bond motifs is 2. The number of hydrogen-bond acceptors (Lipinski definition) is 5. The third-order valence-electron chi connectivity index (χ3n) is 5.27. The number of halogens is 3. The van der Waals surface area contributed by atoms with Crippen LogP contribution in [0.15, 0.2) is 22.4 Å². The molecule has 5 rings (SSSR count). The molecule has 1 saturated carbocycles. The van der Waals surface area contributed by atoms with Crippen LogP contribution < -0.4 is 5.32 Å². The van der Waals surface area contributed by atoms with E-state index < -0.39 is 11.8 Å². The molecule has 2 aromatic heterocycles. The third-order valence-corrected chi connectivity index (χ3v) is 5.27. The summed E-state index contributed by atoms with van der Waals surface area (Å²) in [6.07, 6.45) is 4.62. The van der Waals surface area contributed by atoms with Crippen molar-refractivity contribution >= 4 is 11.4 Å². The summed E-state index contributed by atoms with van der Waals surface area (Å²) in [7, 11) is 0. The summed E-state index contributed by atoms with van der Waals surface area (Å²) in [5, 5.41) is 7.02. The van der Waals surface area contributed by atoms with E-state index in [4.69, 9.17) is 4.52 Å². The van der Waals surface area contributed by atoms with Gasteiger partial charge in [0.05, 0.1) is 6.20 Å². The molecule has 1 N–H and O–H groups in total. The zero-order valence-electron chi connectivity index (χ0n) is 16.6. The molecule has 3 aliphatic rings. The largest absolute Gasteiger partial charge is 0.369 e. The number of allylic oxidation sites excluding steroid dienone is 2. The van der Waals surface area contributed by atoms with E-state index in [-0.39, 0.29) is 17.1 Å². The molecule has 0 aromatic carbocycles. The van der Waals surface area contributed by atoms with Crippen molar-refractivity contribution in [2.45, 2.75) is 59.3 Å². The monoisotopic (exact) mass is 394 g/mol. The zero-order chi connectivity index (χ0) is 20.5. The van der Waals surface area contributed by atoms with Crippen molar-refractivity contribution < 1.29 is 17.7 Å². The average Bonchev–Trinajstić information content (AvgIpc) is 3.14. The lowest BCUT2D eigenvalue weighted by atomic mass is 9.57. The van der Waals surface area contributed by atoms with Crippen LogP contribution in [0.25, 0.3) is 5.57 Å². The maximum atomic E-state index is 13.3. The van der Waals surface area contributed by atoms with Crippen LogP contribution in [0.5, 0.6) is 0 Å². The Bertz CT molecular complexity index is 878. The summed E-state index contributed by atoms with van der Waals surface area (Å²) < 4.78 is 44.5. The van der Waals surface area contributed by atoms with Gasteiger partial charge >= 0.3 is 5.92 Å². The predicted molar refractivity (Wildman–Crippen MR) is 100 cm³/mol. The summed E-state index contributed by atoms with van der Waals surface area (Å²) in [6, 6.07) is 1.70. The van der Waals surface area contributed by atoms with Gasteiger partial charge in [-0.3, -0.25) is 0 Å². The Kier molecular flexibility index (Phi) is 5.50. The van der Waals surface area contributed by atoms with Crippen molar-refractivity contribution in [3.05, 3.63) is 40.9 Å². The van der Waals surface area contributed by atoms with Crippen molar-refractivity contribution in [2.24, 2.45) is 5.41 Å². The number of hydrogen-bond donors (Lipinski definition) is 1. The third kappa shape index (κ3) is 3.91. The molecule has 152 valence electrons. The minimum absolute atomic E-state index is 0.129. The van der Waals surface area contributed by atoms with Crippen LogP contribution in [-0.4, -0.2) is 21.7 Å². The van der Waals surface area contributed by atoms with Gasteiger partial charge in [-0.25, -0.2) is 9.37 Å². The van der Waals surface area contributed by atoms with Crippen LogP contribution in [0.4, 0.5) is 19.0 Å². The van der Waals surface area contributed by atoms with Gasteiger partial charge < -0.3 is 9.84 Å². The Balaban J connectivity index is 0.00000109. The smallest absolute Gasteiger partial charge is 0.322 e. The highest BCUT2D eigenvalue weighted by molar-refractivity contribution is 5.67. The number of pyridine rings is 1. The molecule has 3 aliphatic carbocycles. The predicted octanol–water partition coefficient (Wildman–Crippen LogP) is 5.49. The van der Waals surface area contributed by atoms with Gasteiger partial charge in [-0.2, -0.15) is 13.8 Å². The van der Waals surface area contributed by atoms with Crippen molar-refractivity contribution in [1.82, 2.24) is 15.1 Å². The highest BCUT2D eigenvalue weighted by atomic mass is 19.3. The SMILES string of the molecule is CC.Cc1cc(NCC23CCC(c4noc(C(C)(F)F)n4)=C(C2)C3)ncc1F. The molecule has 0 saturated heterocycles. The molecule has 0 amide bonds. The van der Waals surface area contributed by atoms with Crippen LogP contribution in [-0.2, 0) is 5.92 Å². The van der Waals surface area contributed by atoms with Gasteiger partial charge in [0.2, 0.25) is 0 Å². The molecule has 0 aliphatic heterocycles. The van der Waals surface area contributed by atoms with E-state index in [9.17, 15) is 13.2 Å². The first-order valence-corrected chi connectivity index (χ1v) is 9.55. The Labute approximate surface area is 162 Å². The molecule has 28 heavy (non-hydrogen) atoms. The van der Waals surface area contributed by atoms with Gasteiger partial charge in [0.15, 0.2) is 5.82 Å². The Morgan fingerprint density at radius 2 is 2.00 bits per heavy atom. The molecule has 1 fully saturated rings. The van der Waals surface area contributed by atoms with Crippen LogP contribution >= 0.6 is 0 Å². The van der Waals surface area contributed by atoms with E-state index in [0.29, 0.717) is 11.4 Å². The second-order valence-corrected chi connectivity index (χ2v) is 7.42. The van der Waals surface area contributed by atoms with Gasteiger partial charge in [0, 0.05) is 13.5 Å². The first-order valence-electron chi connectivity index (χ1n) is 9.55. The van der Waals surface area contributed by atoms with E-state index >= 15 is 0 Å².